The van der Waals surface area contributed by atoms with Gasteiger partial charge in [-0.15, -0.1) is 11.3 Å². The van der Waals surface area contributed by atoms with Gasteiger partial charge in [-0.2, -0.15) is 0 Å². The average molecular weight is 347 g/mol. The molecule has 2 aromatic rings. The van der Waals surface area contributed by atoms with Crippen molar-refractivity contribution in [3.8, 4) is 11.5 Å². The van der Waals surface area contributed by atoms with Gasteiger partial charge in [-0.3, -0.25) is 4.79 Å². The average Bonchev–Trinajstić information content (AvgIpc) is 3.02. The summed E-state index contributed by atoms with van der Waals surface area (Å²) >= 11 is 1.44. The molecule has 1 aliphatic rings. The Balaban J connectivity index is 1.47. The number of fused-ring (bicyclic) bond motifs is 1. The van der Waals surface area contributed by atoms with E-state index in [-0.39, 0.29) is 11.8 Å². The van der Waals surface area contributed by atoms with Crippen molar-refractivity contribution in [2.24, 2.45) is 5.92 Å². The van der Waals surface area contributed by atoms with E-state index in [1.165, 1.54) is 11.3 Å². The second-order valence-corrected chi connectivity index (χ2v) is 6.62. The minimum absolute atomic E-state index is 0.0289. The molecule has 1 aliphatic heterocycles. The number of nitrogens with two attached hydrogens (primary N) is 1. The van der Waals surface area contributed by atoms with Crippen molar-refractivity contribution < 1.29 is 14.3 Å². The fourth-order valence-electron chi connectivity index (χ4n) is 2.79. The third-order valence-corrected chi connectivity index (χ3v) is 4.75. The van der Waals surface area contributed by atoms with Gasteiger partial charge in [-0.25, -0.2) is 4.98 Å². The summed E-state index contributed by atoms with van der Waals surface area (Å²) in [6.45, 7) is 1.000. The second kappa shape index (κ2) is 7.53. The number of methoxy groups -OCH3 is 1. The zero-order chi connectivity index (χ0) is 16.9. The first-order chi connectivity index (χ1) is 11.7. The highest BCUT2D eigenvalue weighted by Gasteiger charge is 2.27. The van der Waals surface area contributed by atoms with Crippen molar-refractivity contribution >= 4 is 22.4 Å². The summed E-state index contributed by atoms with van der Waals surface area (Å²) in [5, 5.41) is 5.52. The van der Waals surface area contributed by atoms with Crippen molar-refractivity contribution in [2.75, 3.05) is 26.0 Å². The fraction of sp³-hybridized carbons (Fsp3) is 0.412. The van der Waals surface area contributed by atoms with E-state index in [1.807, 2.05) is 23.6 Å². The molecule has 1 unspecified atom stereocenters. The third kappa shape index (κ3) is 3.79. The Kier molecular flexibility index (Phi) is 5.20. The highest BCUT2D eigenvalue weighted by molar-refractivity contribution is 7.13. The molecule has 6 nitrogen and oxygen atoms in total. The molecule has 1 atom stereocenters. The molecule has 0 bridgehead atoms. The van der Waals surface area contributed by atoms with Crippen molar-refractivity contribution in [3.05, 3.63) is 34.8 Å². The van der Waals surface area contributed by atoms with Gasteiger partial charge in [-0.05, 0) is 30.9 Å². The summed E-state index contributed by atoms with van der Waals surface area (Å²) in [4.78, 5) is 16.5. The van der Waals surface area contributed by atoms with Crippen LogP contribution in [0, 0.1) is 5.92 Å². The van der Waals surface area contributed by atoms with E-state index >= 15 is 0 Å². The summed E-state index contributed by atoms with van der Waals surface area (Å²) in [5.74, 6) is 1.33. The molecule has 24 heavy (non-hydrogen) atoms. The Morgan fingerprint density at radius 1 is 1.54 bits per heavy atom. The van der Waals surface area contributed by atoms with Gasteiger partial charge < -0.3 is 20.5 Å². The molecule has 0 spiro atoms. The van der Waals surface area contributed by atoms with Crippen LogP contribution in [0.2, 0.25) is 0 Å². The second-order valence-electron chi connectivity index (χ2n) is 5.73. The number of aromatic nitrogens is 1. The Morgan fingerprint density at radius 3 is 3.17 bits per heavy atom. The van der Waals surface area contributed by atoms with Crippen LogP contribution in [0.15, 0.2) is 23.6 Å². The van der Waals surface area contributed by atoms with Crippen molar-refractivity contribution in [3.63, 3.8) is 0 Å². The van der Waals surface area contributed by atoms with Crippen LogP contribution >= 0.6 is 11.3 Å². The van der Waals surface area contributed by atoms with E-state index in [9.17, 15) is 4.79 Å². The number of rotatable bonds is 6. The lowest BCUT2D eigenvalue weighted by Gasteiger charge is -2.25. The maximum atomic E-state index is 12.3. The number of aryl methyl sites for hydroxylation is 1. The monoisotopic (exact) mass is 347 g/mol. The Morgan fingerprint density at radius 2 is 2.42 bits per heavy atom. The molecule has 0 saturated carbocycles. The summed E-state index contributed by atoms with van der Waals surface area (Å²) < 4.78 is 11.0. The van der Waals surface area contributed by atoms with E-state index in [0.717, 1.165) is 29.8 Å². The van der Waals surface area contributed by atoms with Gasteiger partial charge in [-0.1, -0.05) is 12.1 Å². The molecule has 0 saturated heterocycles. The zero-order valence-corrected chi connectivity index (χ0v) is 14.4. The Labute approximate surface area is 145 Å². The molecule has 3 N–H and O–H groups in total. The first kappa shape index (κ1) is 16.6. The summed E-state index contributed by atoms with van der Waals surface area (Å²) in [7, 11) is 1.62. The lowest BCUT2D eigenvalue weighted by Crippen LogP contribution is -2.37. The molecule has 128 valence electrons. The van der Waals surface area contributed by atoms with Crippen molar-refractivity contribution in [1.82, 2.24) is 10.3 Å². The molecule has 1 amide bonds. The fourth-order valence-corrected chi connectivity index (χ4v) is 3.38. The van der Waals surface area contributed by atoms with Crippen LogP contribution in [0.1, 0.15) is 17.7 Å². The lowest BCUT2D eigenvalue weighted by molar-refractivity contribution is -0.126. The molecule has 0 radical (unpaired) electrons. The Bertz CT molecular complexity index is 717. The van der Waals surface area contributed by atoms with Gasteiger partial charge >= 0.3 is 0 Å². The van der Waals surface area contributed by atoms with Crippen LogP contribution < -0.4 is 20.5 Å². The van der Waals surface area contributed by atoms with Gasteiger partial charge in [0.15, 0.2) is 16.6 Å². The number of ether oxygens (including phenoxy) is 2. The van der Waals surface area contributed by atoms with Gasteiger partial charge in [0.05, 0.1) is 18.7 Å². The van der Waals surface area contributed by atoms with Crippen LogP contribution in [-0.2, 0) is 17.6 Å². The standard InChI is InChI=1S/C17H21N3O3S/c1-22-14-6-2-4-11-8-12(9-23-15(11)14)16(21)19-7-3-5-13-10-24-17(18)20-13/h2,4,6,10,12H,3,5,7-9H2,1H3,(H2,18,20)(H,19,21). The van der Waals surface area contributed by atoms with Crippen LogP contribution in [-0.4, -0.2) is 31.2 Å². The highest BCUT2D eigenvalue weighted by Crippen LogP contribution is 2.35. The highest BCUT2D eigenvalue weighted by atomic mass is 32.1. The molecule has 3 rings (SSSR count). The zero-order valence-electron chi connectivity index (χ0n) is 13.6. The number of amides is 1. The molecule has 1 aromatic carbocycles. The number of hydrogen-bond acceptors (Lipinski definition) is 6. The molecule has 7 heteroatoms. The number of anilines is 1. The Hall–Kier alpha value is -2.28. The molecule has 2 heterocycles. The normalized spacial score (nSPS) is 16.1. The number of benzene rings is 1. The molecule has 1 aromatic heterocycles. The lowest BCUT2D eigenvalue weighted by atomic mass is 9.95. The molecular formula is C17H21N3O3S. The van der Waals surface area contributed by atoms with Crippen LogP contribution in [0.25, 0.3) is 0 Å². The van der Waals surface area contributed by atoms with Gasteiger partial charge in [0.2, 0.25) is 5.91 Å². The smallest absolute Gasteiger partial charge is 0.226 e. The minimum Gasteiger partial charge on any atom is -0.493 e. The number of hydrogen-bond donors (Lipinski definition) is 2. The van der Waals surface area contributed by atoms with E-state index in [4.69, 9.17) is 15.2 Å². The van der Waals surface area contributed by atoms with E-state index in [1.54, 1.807) is 7.11 Å². The number of carbonyl (C=O) groups is 1. The van der Waals surface area contributed by atoms with E-state index in [2.05, 4.69) is 10.3 Å². The number of nitrogens with one attached hydrogen (secondary N) is 1. The number of nitrogens with zero attached hydrogens (tertiary/aromatic N) is 1. The quantitative estimate of drug-likeness (QED) is 0.781. The summed E-state index contributed by atoms with van der Waals surface area (Å²) in [6, 6.07) is 5.76. The van der Waals surface area contributed by atoms with Crippen LogP contribution in [0.5, 0.6) is 11.5 Å². The first-order valence-corrected chi connectivity index (χ1v) is 8.81. The van der Waals surface area contributed by atoms with Crippen molar-refractivity contribution in [2.45, 2.75) is 19.3 Å². The molecule has 0 aliphatic carbocycles. The largest absolute Gasteiger partial charge is 0.493 e. The number of thiazole rings is 1. The number of carbonyl (C=O) groups excluding carboxylic acids is 1. The van der Waals surface area contributed by atoms with E-state index in [0.29, 0.717) is 30.5 Å². The maximum absolute atomic E-state index is 12.3. The molecular weight excluding hydrogens is 326 g/mol. The molecule has 0 fully saturated rings. The third-order valence-electron chi connectivity index (χ3n) is 4.02. The van der Waals surface area contributed by atoms with Gasteiger partial charge in [0.1, 0.15) is 6.61 Å². The van der Waals surface area contributed by atoms with Crippen LogP contribution in [0.3, 0.4) is 0 Å². The van der Waals surface area contributed by atoms with Crippen molar-refractivity contribution in [1.29, 1.82) is 0 Å². The van der Waals surface area contributed by atoms with Gasteiger partial charge in [0, 0.05) is 11.9 Å². The van der Waals surface area contributed by atoms with E-state index < -0.39 is 0 Å². The topological polar surface area (TPSA) is 86.5 Å². The predicted molar refractivity (Wildman–Crippen MR) is 93.5 cm³/mol. The number of para-hydroxylation sites is 1. The van der Waals surface area contributed by atoms with Gasteiger partial charge in [0.25, 0.3) is 0 Å². The summed E-state index contributed by atoms with van der Waals surface area (Å²) in [5.41, 5.74) is 7.60. The van der Waals surface area contributed by atoms with Crippen LogP contribution in [0.4, 0.5) is 5.13 Å². The summed E-state index contributed by atoms with van der Waals surface area (Å²) in [6.07, 6.45) is 2.32. The maximum Gasteiger partial charge on any atom is 0.226 e. The predicted octanol–water partition coefficient (Wildman–Crippen LogP) is 2.03. The minimum atomic E-state index is -0.167. The number of nitrogen functional groups attached to an aromatic ring is 1. The first-order valence-electron chi connectivity index (χ1n) is 7.93. The SMILES string of the molecule is COc1cccc2c1OCC(C(=O)NCCCc1csc(N)n1)C2.